The first kappa shape index (κ1) is 14.0. The van der Waals surface area contributed by atoms with Gasteiger partial charge >= 0.3 is 0 Å². The average molecular weight is 199 g/mol. The third kappa shape index (κ3) is 4.00. The van der Waals surface area contributed by atoms with Crippen LogP contribution in [0.4, 0.5) is 0 Å². The van der Waals surface area contributed by atoms with Gasteiger partial charge in [-0.25, -0.2) is 0 Å². The van der Waals surface area contributed by atoms with Crippen molar-refractivity contribution in [3.05, 3.63) is 0 Å². The molecule has 0 unspecified atom stereocenters. The zero-order chi connectivity index (χ0) is 11.2. The molecule has 0 rings (SSSR count). The normalized spacial score (nSPS) is 12.9. The number of hydrogen-bond acceptors (Lipinski definition) is 1. The lowest BCUT2D eigenvalue weighted by Crippen LogP contribution is -2.38. The van der Waals surface area contributed by atoms with Crippen LogP contribution in [-0.2, 0) is 0 Å². The Kier molecular flexibility index (Phi) is 6.43. The predicted octanol–water partition coefficient (Wildman–Crippen LogP) is 3.69. The van der Waals surface area contributed by atoms with Gasteiger partial charge in [0.1, 0.15) is 0 Å². The average Bonchev–Trinajstić information content (AvgIpc) is 2.12. The minimum Gasteiger partial charge on any atom is -0.316 e. The molecule has 0 aliphatic heterocycles. The molecule has 0 heterocycles. The summed E-state index contributed by atoms with van der Waals surface area (Å²) < 4.78 is 0. The van der Waals surface area contributed by atoms with Gasteiger partial charge in [0.2, 0.25) is 0 Å². The smallest absolute Gasteiger partial charge is 0.00102 e. The minimum absolute atomic E-state index is 0.509. The van der Waals surface area contributed by atoms with Gasteiger partial charge in [-0.3, -0.25) is 0 Å². The van der Waals surface area contributed by atoms with E-state index in [1.807, 2.05) is 0 Å². The Morgan fingerprint density at radius 3 is 1.79 bits per heavy atom. The Hall–Kier alpha value is -0.0400. The van der Waals surface area contributed by atoms with Crippen LogP contribution in [0.1, 0.15) is 54.4 Å². The second kappa shape index (κ2) is 6.44. The molecule has 1 heteroatoms. The van der Waals surface area contributed by atoms with E-state index >= 15 is 0 Å². The Labute approximate surface area is 90.7 Å². The second-order valence-corrected chi connectivity index (χ2v) is 5.25. The van der Waals surface area contributed by atoms with Crippen molar-refractivity contribution in [2.24, 2.45) is 17.3 Å². The molecule has 0 spiro atoms. The maximum Gasteiger partial charge on any atom is 0.00102 e. The van der Waals surface area contributed by atoms with Crippen molar-refractivity contribution in [2.45, 2.75) is 54.4 Å². The van der Waals surface area contributed by atoms with Gasteiger partial charge in [-0.15, -0.1) is 0 Å². The fourth-order valence-electron chi connectivity index (χ4n) is 2.13. The van der Waals surface area contributed by atoms with Gasteiger partial charge in [0.05, 0.1) is 0 Å². The molecule has 0 aromatic heterocycles. The summed E-state index contributed by atoms with van der Waals surface area (Å²) in [4.78, 5) is 0. The van der Waals surface area contributed by atoms with Crippen LogP contribution in [0.2, 0.25) is 0 Å². The molecular formula is C13H29N. The molecule has 86 valence electrons. The largest absolute Gasteiger partial charge is 0.316 e. The molecular weight excluding hydrogens is 170 g/mol. The van der Waals surface area contributed by atoms with E-state index in [9.17, 15) is 0 Å². The van der Waals surface area contributed by atoms with Crippen LogP contribution in [0.5, 0.6) is 0 Å². The third-order valence-electron chi connectivity index (χ3n) is 3.66. The van der Waals surface area contributed by atoms with Gasteiger partial charge in [0.25, 0.3) is 0 Å². The van der Waals surface area contributed by atoms with E-state index in [4.69, 9.17) is 0 Å². The van der Waals surface area contributed by atoms with Gasteiger partial charge in [0, 0.05) is 6.54 Å². The van der Waals surface area contributed by atoms with Gasteiger partial charge in [-0.05, 0) is 36.6 Å². The fourth-order valence-corrected chi connectivity index (χ4v) is 2.13. The summed E-state index contributed by atoms with van der Waals surface area (Å²) in [5.41, 5.74) is 0.509. The monoisotopic (exact) mass is 199 g/mol. The molecule has 0 fully saturated rings. The Bertz CT molecular complexity index is 134. The molecule has 0 saturated carbocycles. The molecule has 0 atom stereocenters. The molecule has 0 aromatic rings. The van der Waals surface area contributed by atoms with Crippen LogP contribution in [0, 0.1) is 17.3 Å². The van der Waals surface area contributed by atoms with Gasteiger partial charge in [0.15, 0.2) is 0 Å². The summed E-state index contributed by atoms with van der Waals surface area (Å²) in [6.45, 7) is 16.2. The molecule has 0 amide bonds. The summed E-state index contributed by atoms with van der Waals surface area (Å²) in [7, 11) is 0. The topological polar surface area (TPSA) is 12.0 Å². The van der Waals surface area contributed by atoms with Crippen molar-refractivity contribution in [1.82, 2.24) is 5.32 Å². The van der Waals surface area contributed by atoms with Crippen molar-refractivity contribution in [3.63, 3.8) is 0 Å². The van der Waals surface area contributed by atoms with Gasteiger partial charge in [-0.2, -0.15) is 0 Å². The van der Waals surface area contributed by atoms with Crippen molar-refractivity contribution < 1.29 is 0 Å². The number of hydrogen-bond donors (Lipinski definition) is 1. The molecule has 1 nitrogen and oxygen atoms in total. The van der Waals surface area contributed by atoms with Crippen LogP contribution in [-0.4, -0.2) is 13.1 Å². The highest BCUT2D eigenvalue weighted by atomic mass is 14.9. The second-order valence-electron chi connectivity index (χ2n) is 5.25. The molecule has 0 bridgehead atoms. The standard InChI is InChI=1S/C13H29N/c1-7-13(8-2,12(5)6)10-14-9-11(3)4/h11-12,14H,7-10H2,1-6H3. The van der Waals surface area contributed by atoms with Crippen molar-refractivity contribution >= 4 is 0 Å². The summed E-state index contributed by atoms with van der Waals surface area (Å²) in [5.74, 6) is 1.53. The fraction of sp³-hybridized carbons (Fsp3) is 1.00. The van der Waals surface area contributed by atoms with Gasteiger partial charge in [-0.1, -0.05) is 41.5 Å². The molecule has 0 aliphatic rings. The Morgan fingerprint density at radius 1 is 1.00 bits per heavy atom. The van der Waals surface area contributed by atoms with E-state index in [0.29, 0.717) is 5.41 Å². The predicted molar refractivity (Wildman–Crippen MR) is 65.6 cm³/mol. The first-order valence-electron chi connectivity index (χ1n) is 6.19. The van der Waals surface area contributed by atoms with Crippen molar-refractivity contribution in [1.29, 1.82) is 0 Å². The Balaban J connectivity index is 4.08. The first-order valence-corrected chi connectivity index (χ1v) is 6.19. The lowest BCUT2D eigenvalue weighted by atomic mass is 9.73. The van der Waals surface area contributed by atoms with Crippen molar-refractivity contribution in [3.8, 4) is 0 Å². The molecule has 0 saturated heterocycles. The highest BCUT2D eigenvalue weighted by molar-refractivity contribution is 4.82. The summed E-state index contributed by atoms with van der Waals surface area (Å²) in [6, 6.07) is 0. The lowest BCUT2D eigenvalue weighted by Gasteiger charge is -2.36. The van der Waals surface area contributed by atoms with Crippen LogP contribution >= 0.6 is 0 Å². The molecule has 1 N–H and O–H groups in total. The molecule has 0 aromatic carbocycles. The van der Waals surface area contributed by atoms with Crippen molar-refractivity contribution in [2.75, 3.05) is 13.1 Å². The van der Waals surface area contributed by atoms with E-state index in [2.05, 4.69) is 46.9 Å². The van der Waals surface area contributed by atoms with Crippen LogP contribution in [0.15, 0.2) is 0 Å². The summed E-state index contributed by atoms with van der Waals surface area (Å²) in [5, 5.41) is 3.61. The lowest BCUT2D eigenvalue weighted by molar-refractivity contribution is 0.163. The SMILES string of the molecule is CCC(CC)(CNCC(C)C)C(C)C. The molecule has 0 radical (unpaired) electrons. The maximum atomic E-state index is 3.61. The van der Waals surface area contributed by atoms with Crippen LogP contribution in [0.25, 0.3) is 0 Å². The highest BCUT2D eigenvalue weighted by Crippen LogP contribution is 2.34. The Morgan fingerprint density at radius 2 is 1.50 bits per heavy atom. The molecule has 14 heavy (non-hydrogen) atoms. The minimum atomic E-state index is 0.509. The summed E-state index contributed by atoms with van der Waals surface area (Å²) >= 11 is 0. The summed E-state index contributed by atoms with van der Waals surface area (Å²) in [6.07, 6.45) is 2.57. The number of rotatable bonds is 7. The van der Waals surface area contributed by atoms with E-state index in [0.717, 1.165) is 18.4 Å². The highest BCUT2D eigenvalue weighted by Gasteiger charge is 2.29. The number of nitrogens with one attached hydrogen (secondary N) is 1. The maximum absolute atomic E-state index is 3.61. The third-order valence-corrected chi connectivity index (χ3v) is 3.66. The van der Waals surface area contributed by atoms with E-state index < -0.39 is 0 Å². The van der Waals surface area contributed by atoms with E-state index in [-0.39, 0.29) is 0 Å². The quantitative estimate of drug-likeness (QED) is 0.659. The molecule has 0 aliphatic carbocycles. The zero-order valence-electron chi connectivity index (χ0n) is 11.0. The van der Waals surface area contributed by atoms with E-state index in [1.165, 1.54) is 19.4 Å². The van der Waals surface area contributed by atoms with E-state index in [1.54, 1.807) is 0 Å². The van der Waals surface area contributed by atoms with Gasteiger partial charge < -0.3 is 5.32 Å². The zero-order valence-corrected chi connectivity index (χ0v) is 11.0. The van der Waals surface area contributed by atoms with Crippen LogP contribution in [0.3, 0.4) is 0 Å². The van der Waals surface area contributed by atoms with Crippen LogP contribution < -0.4 is 5.32 Å². The first-order chi connectivity index (χ1) is 6.48.